The molecule has 0 radical (unpaired) electrons. The number of alkyl halides is 1. The van der Waals surface area contributed by atoms with Crippen LogP contribution in [0.15, 0.2) is 24.3 Å². The molecule has 0 aliphatic rings. The summed E-state index contributed by atoms with van der Waals surface area (Å²) in [5.41, 5.74) is 2.35. The highest BCUT2D eigenvalue weighted by molar-refractivity contribution is 9.09. The highest BCUT2D eigenvalue weighted by atomic mass is 79.9. The van der Waals surface area contributed by atoms with Gasteiger partial charge in [0.1, 0.15) is 0 Å². The molecule has 0 heterocycles. The molecule has 0 aromatic heterocycles. The van der Waals surface area contributed by atoms with E-state index in [1.54, 1.807) is 12.1 Å². The highest BCUT2D eigenvalue weighted by Gasteiger charge is 2.03. The van der Waals surface area contributed by atoms with Crippen LogP contribution in [0.4, 0.5) is 0 Å². The highest BCUT2D eigenvalue weighted by Crippen LogP contribution is 2.13. The molecule has 0 saturated carbocycles. The molecule has 0 spiro atoms. The third kappa shape index (κ3) is 2.70. The van der Waals surface area contributed by atoms with E-state index in [9.17, 15) is 4.79 Å². The molecular formula is C11H11BrO2. The van der Waals surface area contributed by atoms with Crippen LogP contribution in [0.2, 0.25) is 0 Å². The Morgan fingerprint density at radius 2 is 2.29 bits per heavy atom. The lowest BCUT2D eigenvalue weighted by Crippen LogP contribution is -1.97. The van der Waals surface area contributed by atoms with Gasteiger partial charge in [-0.1, -0.05) is 34.1 Å². The number of carboxylic acid groups (broad SMARTS) is 1. The van der Waals surface area contributed by atoms with Crippen molar-refractivity contribution < 1.29 is 9.90 Å². The number of aromatic carboxylic acids is 1. The number of benzene rings is 1. The molecule has 3 heteroatoms. The van der Waals surface area contributed by atoms with Gasteiger partial charge in [-0.2, -0.15) is 0 Å². The molecule has 0 fully saturated rings. The molecule has 0 aliphatic heterocycles. The van der Waals surface area contributed by atoms with E-state index in [0.717, 1.165) is 16.5 Å². The zero-order valence-corrected chi connectivity index (χ0v) is 9.41. The fraction of sp³-hybridized carbons (Fsp3) is 0.182. The van der Waals surface area contributed by atoms with Gasteiger partial charge in [-0.15, -0.1) is 0 Å². The molecular weight excluding hydrogens is 244 g/mol. The lowest BCUT2D eigenvalue weighted by atomic mass is 10.0. The number of aryl methyl sites for hydroxylation is 1. The number of carboxylic acids is 1. The molecule has 2 nitrogen and oxygen atoms in total. The molecule has 0 atom stereocenters. The quantitative estimate of drug-likeness (QED) is 0.842. The summed E-state index contributed by atoms with van der Waals surface area (Å²) in [6, 6.07) is 5.11. The molecule has 0 unspecified atom stereocenters. The summed E-state index contributed by atoms with van der Waals surface area (Å²) in [5.74, 6) is -0.890. The predicted octanol–water partition coefficient (Wildman–Crippen LogP) is 3.10. The van der Waals surface area contributed by atoms with Gasteiger partial charge in [-0.25, -0.2) is 4.79 Å². The number of rotatable bonds is 3. The van der Waals surface area contributed by atoms with Gasteiger partial charge in [0.05, 0.1) is 5.56 Å². The zero-order valence-electron chi connectivity index (χ0n) is 7.83. The molecule has 1 rings (SSSR count). The molecule has 1 aromatic rings. The normalized spacial score (nSPS) is 10.7. The molecule has 0 saturated heterocycles. The van der Waals surface area contributed by atoms with Crippen LogP contribution in [0.3, 0.4) is 0 Å². The van der Waals surface area contributed by atoms with Crippen molar-refractivity contribution in [1.82, 2.24) is 0 Å². The first kappa shape index (κ1) is 11.0. The average molecular weight is 255 g/mol. The van der Waals surface area contributed by atoms with Gasteiger partial charge in [0, 0.05) is 5.33 Å². The van der Waals surface area contributed by atoms with E-state index in [4.69, 9.17) is 5.11 Å². The van der Waals surface area contributed by atoms with Crippen molar-refractivity contribution in [2.75, 3.05) is 5.33 Å². The molecule has 0 amide bonds. The van der Waals surface area contributed by atoms with E-state index >= 15 is 0 Å². The number of carbonyl (C=O) groups is 1. The minimum Gasteiger partial charge on any atom is -0.478 e. The maximum Gasteiger partial charge on any atom is 0.335 e. The Hall–Kier alpha value is -1.09. The minimum atomic E-state index is -0.890. The second-order valence-electron chi connectivity index (χ2n) is 2.93. The van der Waals surface area contributed by atoms with Crippen LogP contribution in [0.5, 0.6) is 0 Å². The first-order chi connectivity index (χ1) is 6.65. The lowest BCUT2D eigenvalue weighted by Gasteiger charge is -2.01. The standard InChI is InChI=1S/C11H11BrO2/c1-8-4-5-10(11(13)14)7-9(8)3-2-6-12/h2-5,7H,6H2,1H3,(H,13,14). The van der Waals surface area contributed by atoms with E-state index in [2.05, 4.69) is 15.9 Å². The fourth-order valence-corrected chi connectivity index (χ4v) is 1.31. The van der Waals surface area contributed by atoms with Gasteiger partial charge in [0.25, 0.3) is 0 Å². The topological polar surface area (TPSA) is 37.3 Å². The molecule has 0 aliphatic carbocycles. The SMILES string of the molecule is Cc1ccc(C(=O)O)cc1C=CCBr. The Kier molecular flexibility index (Phi) is 3.89. The van der Waals surface area contributed by atoms with Crippen molar-refractivity contribution >= 4 is 28.0 Å². The van der Waals surface area contributed by atoms with Crippen molar-refractivity contribution in [2.24, 2.45) is 0 Å². The number of hydrogen-bond acceptors (Lipinski definition) is 1. The molecule has 14 heavy (non-hydrogen) atoms. The van der Waals surface area contributed by atoms with E-state index in [1.807, 2.05) is 25.1 Å². The predicted molar refractivity (Wildman–Crippen MR) is 61.0 cm³/mol. The van der Waals surface area contributed by atoms with Crippen LogP contribution in [-0.4, -0.2) is 16.4 Å². The van der Waals surface area contributed by atoms with E-state index in [1.165, 1.54) is 0 Å². The Bertz CT molecular complexity index is 370. The molecule has 74 valence electrons. The summed E-state index contributed by atoms with van der Waals surface area (Å²) in [6.45, 7) is 1.96. The smallest absolute Gasteiger partial charge is 0.335 e. The largest absolute Gasteiger partial charge is 0.478 e. The monoisotopic (exact) mass is 254 g/mol. The zero-order chi connectivity index (χ0) is 10.6. The molecule has 1 aromatic carbocycles. The fourth-order valence-electron chi connectivity index (χ4n) is 1.12. The summed E-state index contributed by atoms with van der Waals surface area (Å²) >= 11 is 3.28. The summed E-state index contributed by atoms with van der Waals surface area (Å²) in [6.07, 6.45) is 3.85. The average Bonchev–Trinajstić information content (AvgIpc) is 2.16. The van der Waals surface area contributed by atoms with Crippen molar-refractivity contribution in [1.29, 1.82) is 0 Å². The maximum atomic E-state index is 10.7. The lowest BCUT2D eigenvalue weighted by molar-refractivity contribution is 0.0697. The van der Waals surface area contributed by atoms with Crippen molar-refractivity contribution in [3.8, 4) is 0 Å². The number of hydrogen-bond donors (Lipinski definition) is 1. The van der Waals surface area contributed by atoms with Crippen LogP contribution in [0, 0.1) is 6.92 Å². The van der Waals surface area contributed by atoms with E-state index < -0.39 is 5.97 Å². The minimum absolute atomic E-state index is 0.324. The Balaban J connectivity index is 3.08. The van der Waals surface area contributed by atoms with Gasteiger partial charge in [-0.3, -0.25) is 0 Å². The summed E-state index contributed by atoms with van der Waals surface area (Å²) in [5, 5.41) is 9.56. The number of allylic oxidation sites excluding steroid dienone is 1. The van der Waals surface area contributed by atoms with Crippen LogP contribution in [0.1, 0.15) is 21.5 Å². The number of halogens is 1. The van der Waals surface area contributed by atoms with Gasteiger partial charge < -0.3 is 5.11 Å². The third-order valence-corrected chi connectivity index (χ3v) is 2.29. The van der Waals surface area contributed by atoms with Gasteiger partial charge in [0.2, 0.25) is 0 Å². The second-order valence-corrected chi connectivity index (χ2v) is 3.58. The Morgan fingerprint density at radius 1 is 1.57 bits per heavy atom. The second kappa shape index (κ2) is 4.96. The first-order valence-electron chi connectivity index (χ1n) is 4.21. The van der Waals surface area contributed by atoms with E-state index in [0.29, 0.717) is 5.56 Å². The third-order valence-electron chi connectivity index (χ3n) is 1.91. The van der Waals surface area contributed by atoms with Crippen molar-refractivity contribution in [3.05, 3.63) is 41.0 Å². The first-order valence-corrected chi connectivity index (χ1v) is 5.33. The summed E-state index contributed by atoms with van der Waals surface area (Å²) in [7, 11) is 0. The summed E-state index contributed by atoms with van der Waals surface area (Å²) < 4.78 is 0. The van der Waals surface area contributed by atoms with Crippen molar-refractivity contribution in [3.63, 3.8) is 0 Å². The van der Waals surface area contributed by atoms with E-state index in [-0.39, 0.29) is 0 Å². The van der Waals surface area contributed by atoms with Crippen LogP contribution >= 0.6 is 15.9 Å². The molecule has 1 N–H and O–H groups in total. The van der Waals surface area contributed by atoms with Crippen LogP contribution in [0.25, 0.3) is 6.08 Å². The Labute approximate surface area is 91.4 Å². The van der Waals surface area contributed by atoms with Crippen LogP contribution < -0.4 is 0 Å². The van der Waals surface area contributed by atoms with Crippen molar-refractivity contribution in [2.45, 2.75) is 6.92 Å². The van der Waals surface area contributed by atoms with Gasteiger partial charge in [0.15, 0.2) is 0 Å². The van der Waals surface area contributed by atoms with Crippen LogP contribution in [-0.2, 0) is 0 Å². The maximum absolute atomic E-state index is 10.7. The Morgan fingerprint density at radius 3 is 2.86 bits per heavy atom. The summed E-state index contributed by atoms with van der Waals surface area (Å²) in [4.78, 5) is 10.7. The van der Waals surface area contributed by atoms with Gasteiger partial charge in [-0.05, 0) is 30.2 Å². The molecule has 0 bridgehead atoms. The van der Waals surface area contributed by atoms with Gasteiger partial charge >= 0.3 is 5.97 Å².